The zero-order valence-electron chi connectivity index (χ0n) is 18.1. The van der Waals surface area contributed by atoms with E-state index < -0.39 is 0 Å². The van der Waals surface area contributed by atoms with E-state index in [1.807, 2.05) is 20.8 Å². The predicted octanol–water partition coefficient (Wildman–Crippen LogP) is 3.06. The van der Waals surface area contributed by atoms with Crippen molar-refractivity contribution < 1.29 is 14.5 Å². The minimum absolute atomic E-state index is 0.0339. The standard InChI is InChI=1S/C23H32N4O4/c28-22(25-12-4-1-5-13-25)19-10-16-26(17-11-19)23(29)18-8-14-24(15-9-18)20-6-2-3-7-21(20)27(30)31/h2-3,6-7,18-19H,1,4-5,8-17H2. The number of para-hydroxylation sites is 2. The van der Waals surface area contributed by atoms with Crippen molar-refractivity contribution in [3.05, 3.63) is 34.4 Å². The van der Waals surface area contributed by atoms with Gasteiger partial charge in [0, 0.05) is 57.2 Å². The lowest BCUT2D eigenvalue weighted by Crippen LogP contribution is -2.48. The number of benzene rings is 1. The maximum absolute atomic E-state index is 13.1. The molecule has 3 heterocycles. The van der Waals surface area contributed by atoms with Gasteiger partial charge < -0.3 is 14.7 Å². The fourth-order valence-electron chi connectivity index (χ4n) is 5.23. The molecular weight excluding hydrogens is 396 g/mol. The number of carbonyl (C=O) groups is 2. The first-order chi connectivity index (χ1) is 15.0. The van der Waals surface area contributed by atoms with E-state index in [2.05, 4.69) is 0 Å². The highest BCUT2D eigenvalue weighted by Gasteiger charge is 2.34. The quantitative estimate of drug-likeness (QED) is 0.543. The third-order valence-electron chi connectivity index (χ3n) is 7.09. The summed E-state index contributed by atoms with van der Waals surface area (Å²) in [5, 5.41) is 11.3. The van der Waals surface area contributed by atoms with E-state index in [9.17, 15) is 19.7 Å². The van der Waals surface area contributed by atoms with E-state index in [1.165, 1.54) is 12.5 Å². The van der Waals surface area contributed by atoms with Gasteiger partial charge in [0.1, 0.15) is 5.69 Å². The van der Waals surface area contributed by atoms with Crippen molar-refractivity contribution in [3.8, 4) is 0 Å². The van der Waals surface area contributed by atoms with Crippen LogP contribution >= 0.6 is 0 Å². The van der Waals surface area contributed by atoms with Crippen LogP contribution in [-0.4, -0.2) is 65.8 Å². The molecule has 31 heavy (non-hydrogen) atoms. The molecule has 3 aliphatic rings. The lowest BCUT2D eigenvalue weighted by atomic mass is 9.91. The van der Waals surface area contributed by atoms with Crippen molar-refractivity contribution in [2.24, 2.45) is 11.8 Å². The molecule has 0 saturated carbocycles. The van der Waals surface area contributed by atoms with Crippen molar-refractivity contribution >= 4 is 23.2 Å². The summed E-state index contributed by atoms with van der Waals surface area (Å²) in [5.41, 5.74) is 0.753. The van der Waals surface area contributed by atoms with Crippen molar-refractivity contribution in [2.45, 2.75) is 44.9 Å². The van der Waals surface area contributed by atoms with Crippen molar-refractivity contribution in [1.29, 1.82) is 0 Å². The summed E-state index contributed by atoms with van der Waals surface area (Å²) in [7, 11) is 0. The number of rotatable bonds is 4. The number of amides is 2. The number of hydrogen-bond acceptors (Lipinski definition) is 5. The number of piperidine rings is 3. The Morgan fingerprint density at radius 2 is 1.29 bits per heavy atom. The molecule has 1 aromatic rings. The highest BCUT2D eigenvalue weighted by Crippen LogP contribution is 2.32. The van der Waals surface area contributed by atoms with Crippen LogP contribution in [0.1, 0.15) is 44.9 Å². The molecule has 0 N–H and O–H groups in total. The maximum Gasteiger partial charge on any atom is 0.292 e. The molecule has 3 fully saturated rings. The van der Waals surface area contributed by atoms with E-state index in [0.29, 0.717) is 44.7 Å². The van der Waals surface area contributed by atoms with E-state index in [-0.39, 0.29) is 34.3 Å². The molecule has 2 amide bonds. The molecular formula is C23H32N4O4. The SMILES string of the molecule is O=C(C1CCN(C(=O)C2CCN(c3ccccc3[N+](=O)[O-])CC2)CC1)N1CCCCC1. The van der Waals surface area contributed by atoms with Crippen molar-refractivity contribution in [3.63, 3.8) is 0 Å². The van der Waals surface area contributed by atoms with Gasteiger partial charge in [0.15, 0.2) is 0 Å². The number of nitro benzene ring substituents is 1. The summed E-state index contributed by atoms with van der Waals surface area (Å²) in [4.78, 5) is 42.7. The highest BCUT2D eigenvalue weighted by molar-refractivity contribution is 5.81. The van der Waals surface area contributed by atoms with Gasteiger partial charge in [0.2, 0.25) is 11.8 Å². The molecule has 0 spiro atoms. The molecule has 168 valence electrons. The second-order valence-corrected chi connectivity index (χ2v) is 8.99. The van der Waals surface area contributed by atoms with Crippen LogP contribution in [0.15, 0.2) is 24.3 Å². The third-order valence-corrected chi connectivity index (χ3v) is 7.09. The van der Waals surface area contributed by atoms with Crippen LogP contribution in [-0.2, 0) is 9.59 Å². The first kappa shape index (κ1) is 21.6. The molecule has 1 aromatic carbocycles. The van der Waals surface area contributed by atoms with Gasteiger partial charge in [-0.1, -0.05) is 12.1 Å². The number of hydrogen-bond donors (Lipinski definition) is 0. The number of likely N-dealkylation sites (tertiary alicyclic amines) is 2. The minimum Gasteiger partial charge on any atom is -0.366 e. The van der Waals surface area contributed by atoms with Gasteiger partial charge in [-0.2, -0.15) is 0 Å². The topological polar surface area (TPSA) is 87.0 Å². The van der Waals surface area contributed by atoms with E-state index in [4.69, 9.17) is 0 Å². The van der Waals surface area contributed by atoms with Crippen LogP contribution in [0.2, 0.25) is 0 Å². The Balaban J connectivity index is 1.27. The number of nitrogens with zero attached hydrogens (tertiary/aromatic N) is 4. The molecule has 3 aliphatic heterocycles. The van der Waals surface area contributed by atoms with Crippen LogP contribution < -0.4 is 4.90 Å². The minimum atomic E-state index is -0.345. The van der Waals surface area contributed by atoms with E-state index in [0.717, 1.165) is 38.8 Å². The normalized spacial score (nSPS) is 21.2. The zero-order chi connectivity index (χ0) is 21.8. The molecule has 0 aliphatic carbocycles. The van der Waals surface area contributed by atoms with Gasteiger partial charge in [-0.05, 0) is 51.0 Å². The van der Waals surface area contributed by atoms with Gasteiger partial charge >= 0.3 is 0 Å². The van der Waals surface area contributed by atoms with Gasteiger partial charge in [-0.3, -0.25) is 19.7 Å². The zero-order valence-corrected chi connectivity index (χ0v) is 18.1. The van der Waals surface area contributed by atoms with E-state index in [1.54, 1.807) is 12.1 Å². The third kappa shape index (κ3) is 4.83. The van der Waals surface area contributed by atoms with Crippen LogP contribution in [0, 0.1) is 22.0 Å². The van der Waals surface area contributed by atoms with E-state index >= 15 is 0 Å². The average molecular weight is 429 g/mol. The van der Waals surface area contributed by atoms with Crippen LogP contribution in [0.25, 0.3) is 0 Å². The van der Waals surface area contributed by atoms with Gasteiger partial charge in [-0.15, -0.1) is 0 Å². The summed E-state index contributed by atoms with van der Waals surface area (Å²) in [6.45, 7) is 4.38. The van der Waals surface area contributed by atoms with Gasteiger partial charge in [-0.25, -0.2) is 0 Å². The summed E-state index contributed by atoms with van der Waals surface area (Å²) < 4.78 is 0. The van der Waals surface area contributed by atoms with Crippen LogP contribution in [0.4, 0.5) is 11.4 Å². The Morgan fingerprint density at radius 3 is 1.87 bits per heavy atom. The Labute approximate surface area is 183 Å². The largest absolute Gasteiger partial charge is 0.366 e. The molecule has 0 atom stereocenters. The highest BCUT2D eigenvalue weighted by atomic mass is 16.6. The molecule has 0 bridgehead atoms. The summed E-state index contributed by atoms with van der Waals surface area (Å²) >= 11 is 0. The fourth-order valence-corrected chi connectivity index (χ4v) is 5.23. The van der Waals surface area contributed by atoms with Crippen LogP contribution in [0.5, 0.6) is 0 Å². The average Bonchev–Trinajstić information content (AvgIpc) is 2.84. The summed E-state index contributed by atoms with van der Waals surface area (Å²) in [6.07, 6.45) is 6.36. The Kier molecular flexibility index (Phi) is 6.73. The molecule has 8 heteroatoms. The molecule has 0 unspecified atom stereocenters. The number of carbonyl (C=O) groups excluding carboxylic acids is 2. The maximum atomic E-state index is 13.1. The fraction of sp³-hybridized carbons (Fsp3) is 0.652. The predicted molar refractivity (Wildman–Crippen MR) is 118 cm³/mol. The smallest absolute Gasteiger partial charge is 0.292 e. The van der Waals surface area contributed by atoms with Crippen molar-refractivity contribution in [2.75, 3.05) is 44.2 Å². The monoisotopic (exact) mass is 428 g/mol. The second-order valence-electron chi connectivity index (χ2n) is 8.99. The Hall–Kier alpha value is -2.64. The first-order valence-electron chi connectivity index (χ1n) is 11.6. The Bertz CT molecular complexity index is 808. The van der Waals surface area contributed by atoms with Gasteiger partial charge in [0.25, 0.3) is 5.69 Å². The van der Waals surface area contributed by atoms with Crippen LogP contribution in [0.3, 0.4) is 0 Å². The number of anilines is 1. The second kappa shape index (κ2) is 9.66. The summed E-state index contributed by atoms with van der Waals surface area (Å²) in [6, 6.07) is 6.80. The summed E-state index contributed by atoms with van der Waals surface area (Å²) in [5.74, 6) is 0.492. The first-order valence-corrected chi connectivity index (χ1v) is 11.6. The molecule has 4 rings (SSSR count). The lowest BCUT2D eigenvalue weighted by Gasteiger charge is -2.38. The molecule has 0 radical (unpaired) electrons. The molecule has 0 aromatic heterocycles. The Morgan fingerprint density at radius 1 is 0.774 bits per heavy atom. The lowest BCUT2D eigenvalue weighted by molar-refractivity contribution is -0.384. The number of nitro groups is 1. The molecule has 8 nitrogen and oxygen atoms in total. The van der Waals surface area contributed by atoms with Crippen molar-refractivity contribution in [1.82, 2.24) is 9.80 Å². The van der Waals surface area contributed by atoms with Gasteiger partial charge in [0.05, 0.1) is 4.92 Å². The molecule has 3 saturated heterocycles.